The standard InChI is InChI=1S/C20H19N3O7/c24-18(21-19(25)14-4-2-1-3-5-14)13-30-20(26)15-6-7-16(17(12-15)23(27)28)22-8-10-29-11-9-22/h1-7,12H,8-11,13H2,(H,21,24,25). The van der Waals surface area contributed by atoms with Crippen LogP contribution in [-0.4, -0.2) is 55.6 Å². The van der Waals surface area contributed by atoms with E-state index in [2.05, 4.69) is 5.32 Å². The SMILES string of the molecule is O=C(COC(=O)c1ccc(N2CCOCC2)c([N+](=O)[O-])c1)NC(=O)c1ccccc1. The molecule has 1 aliphatic heterocycles. The van der Waals surface area contributed by atoms with Crippen molar-refractivity contribution < 1.29 is 28.8 Å². The van der Waals surface area contributed by atoms with Gasteiger partial charge >= 0.3 is 5.97 Å². The number of nitrogens with one attached hydrogen (secondary N) is 1. The van der Waals surface area contributed by atoms with Gasteiger partial charge in [0.25, 0.3) is 17.5 Å². The first-order valence-corrected chi connectivity index (χ1v) is 9.13. The summed E-state index contributed by atoms with van der Waals surface area (Å²) in [5.41, 5.74) is 0.355. The summed E-state index contributed by atoms with van der Waals surface area (Å²) < 4.78 is 10.1. The number of nitro benzene ring substituents is 1. The molecule has 0 saturated carbocycles. The van der Waals surface area contributed by atoms with Crippen molar-refractivity contribution in [2.45, 2.75) is 0 Å². The highest BCUT2D eigenvalue weighted by molar-refractivity contribution is 6.05. The summed E-state index contributed by atoms with van der Waals surface area (Å²) in [4.78, 5) is 48.7. The number of imide groups is 1. The fourth-order valence-electron chi connectivity index (χ4n) is 2.91. The zero-order valence-corrected chi connectivity index (χ0v) is 15.9. The van der Waals surface area contributed by atoms with Crippen molar-refractivity contribution in [1.82, 2.24) is 5.32 Å². The van der Waals surface area contributed by atoms with Crippen molar-refractivity contribution in [1.29, 1.82) is 0 Å². The Hall–Kier alpha value is -3.79. The summed E-state index contributed by atoms with van der Waals surface area (Å²) in [6.07, 6.45) is 0. The first kappa shape index (κ1) is 20.9. The minimum atomic E-state index is -0.908. The van der Waals surface area contributed by atoms with E-state index in [1.165, 1.54) is 24.3 Å². The molecule has 3 rings (SSSR count). The zero-order valence-electron chi connectivity index (χ0n) is 15.9. The molecule has 2 amide bonds. The van der Waals surface area contributed by atoms with Crippen LogP contribution in [0.1, 0.15) is 20.7 Å². The third kappa shape index (κ3) is 5.17. The molecule has 0 bridgehead atoms. The third-order valence-electron chi connectivity index (χ3n) is 4.38. The lowest BCUT2D eigenvalue weighted by atomic mass is 10.1. The average molecular weight is 413 g/mol. The average Bonchev–Trinajstić information content (AvgIpc) is 2.78. The van der Waals surface area contributed by atoms with Gasteiger partial charge in [-0.3, -0.25) is 25.0 Å². The number of nitrogens with zero attached hydrogens (tertiary/aromatic N) is 2. The Morgan fingerprint density at radius 3 is 2.43 bits per heavy atom. The molecule has 1 fully saturated rings. The van der Waals surface area contributed by atoms with Crippen molar-refractivity contribution in [3.63, 3.8) is 0 Å². The molecule has 0 spiro atoms. The molecule has 0 atom stereocenters. The Labute approximate surface area is 171 Å². The van der Waals surface area contributed by atoms with Gasteiger partial charge in [-0.25, -0.2) is 4.79 Å². The van der Waals surface area contributed by atoms with Gasteiger partial charge in [-0.05, 0) is 24.3 Å². The van der Waals surface area contributed by atoms with Gasteiger partial charge in [0.15, 0.2) is 6.61 Å². The van der Waals surface area contributed by atoms with Crippen molar-refractivity contribution in [3.8, 4) is 0 Å². The lowest BCUT2D eigenvalue weighted by Crippen LogP contribution is -2.36. The van der Waals surface area contributed by atoms with Crippen LogP contribution < -0.4 is 10.2 Å². The van der Waals surface area contributed by atoms with Crippen molar-refractivity contribution in [3.05, 3.63) is 69.8 Å². The van der Waals surface area contributed by atoms with Crippen LogP contribution in [0, 0.1) is 10.1 Å². The number of hydrogen-bond acceptors (Lipinski definition) is 8. The Bertz CT molecular complexity index is 956. The minimum Gasteiger partial charge on any atom is -0.452 e. The molecular formula is C20H19N3O7. The van der Waals surface area contributed by atoms with Crippen molar-refractivity contribution in [2.75, 3.05) is 37.8 Å². The van der Waals surface area contributed by atoms with E-state index in [1.807, 2.05) is 0 Å². The van der Waals surface area contributed by atoms with Gasteiger partial charge in [-0.2, -0.15) is 0 Å². The normalized spacial score (nSPS) is 13.4. The highest BCUT2D eigenvalue weighted by Gasteiger charge is 2.24. The minimum absolute atomic E-state index is 0.0686. The quantitative estimate of drug-likeness (QED) is 0.429. The molecule has 0 radical (unpaired) electrons. The summed E-state index contributed by atoms with van der Waals surface area (Å²) >= 11 is 0. The van der Waals surface area contributed by atoms with Gasteiger partial charge in [0.05, 0.1) is 23.7 Å². The van der Waals surface area contributed by atoms with Crippen LogP contribution in [0.5, 0.6) is 0 Å². The van der Waals surface area contributed by atoms with Crippen molar-refractivity contribution in [2.24, 2.45) is 0 Å². The fraction of sp³-hybridized carbons (Fsp3) is 0.250. The van der Waals surface area contributed by atoms with Crippen LogP contribution in [0.3, 0.4) is 0 Å². The molecule has 1 heterocycles. The second-order valence-corrected chi connectivity index (χ2v) is 6.38. The second-order valence-electron chi connectivity index (χ2n) is 6.38. The molecule has 1 aliphatic rings. The van der Waals surface area contributed by atoms with Crippen LogP contribution >= 0.6 is 0 Å². The predicted molar refractivity (Wildman–Crippen MR) is 105 cm³/mol. The number of nitro groups is 1. The first-order chi connectivity index (χ1) is 14.5. The van der Waals surface area contributed by atoms with Gasteiger partial charge in [0.2, 0.25) is 0 Å². The first-order valence-electron chi connectivity index (χ1n) is 9.13. The Morgan fingerprint density at radius 1 is 1.07 bits per heavy atom. The number of hydrogen-bond donors (Lipinski definition) is 1. The molecule has 10 heteroatoms. The van der Waals surface area contributed by atoms with E-state index < -0.39 is 29.3 Å². The molecule has 156 valence electrons. The molecule has 2 aromatic rings. The predicted octanol–water partition coefficient (Wildman–Crippen LogP) is 1.54. The molecule has 1 N–H and O–H groups in total. The largest absolute Gasteiger partial charge is 0.452 e. The Kier molecular flexibility index (Phi) is 6.71. The number of ether oxygens (including phenoxy) is 2. The molecular weight excluding hydrogens is 394 g/mol. The Balaban J connectivity index is 1.62. The molecule has 1 saturated heterocycles. The number of rotatable bonds is 6. The summed E-state index contributed by atoms with van der Waals surface area (Å²) in [5.74, 6) is -2.34. The van der Waals surface area contributed by atoms with Gasteiger partial charge in [-0.1, -0.05) is 18.2 Å². The summed E-state index contributed by atoms with van der Waals surface area (Å²) in [5, 5.41) is 13.6. The van der Waals surface area contributed by atoms with Crippen LogP contribution in [-0.2, 0) is 14.3 Å². The maximum Gasteiger partial charge on any atom is 0.338 e. The van der Waals surface area contributed by atoms with E-state index in [9.17, 15) is 24.5 Å². The second kappa shape index (κ2) is 9.61. The molecule has 30 heavy (non-hydrogen) atoms. The number of benzene rings is 2. The van der Waals surface area contributed by atoms with E-state index in [4.69, 9.17) is 9.47 Å². The van der Waals surface area contributed by atoms with Crippen LogP contribution in [0.25, 0.3) is 0 Å². The fourth-order valence-corrected chi connectivity index (χ4v) is 2.91. The van der Waals surface area contributed by atoms with Crippen LogP contribution in [0.15, 0.2) is 48.5 Å². The summed E-state index contributed by atoms with van der Waals surface area (Å²) in [7, 11) is 0. The number of anilines is 1. The summed E-state index contributed by atoms with van der Waals surface area (Å²) in [6.45, 7) is 1.21. The number of amides is 2. The van der Waals surface area contributed by atoms with Gasteiger partial charge < -0.3 is 14.4 Å². The number of carbonyl (C=O) groups excluding carboxylic acids is 3. The molecule has 2 aromatic carbocycles. The molecule has 0 aliphatic carbocycles. The van der Waals surface area contributed by atoms with Gasteiger partial charge in [0.1, 0.15) is 5.69 Å². The molecule has 0 aromatic heterocycles. The van der Waals surface area contributed by atoms with Gasteiger partial charge in [0, 0.05) is 24.7 Å². The number of esters is 1. The molecule has 10 nitrogen and oxygen atoms in total. The highest BCUT2D eigenvalue weighted by atomic mass is 16.6. The molecule has 0 unspecified atom stereocenters. The van der Waals surface area contributed by atoms with E-state index in [0.717, 1.165) is 6.07 Å². The maximum atomic E-state index is 12.2. The highest BCUT2D eigenvalue weighted by Crippen LogP contribution is 2.30. The third-order valence-corrected chi connectivity index (χ3v) is 4.38. The van der Waals surface area contributed by atoms with E-state index in [-0.39, 0.29) is 16.8 Å². The van der Waals surface area contributed by atoms with Crippen molar-refractivity contribution >= 4 is 29.2 Å². The van der Waals surface area contributed by atoms with E-state index in [1.54, 1.807) is 23.1 Å². The number of carbonyl (C=O) groups is 3. The Morgan fingerprint density at radius 2 is 1.77 bits per heavy atom. The van der Waals surface area contributed by atoms with Gasteiger partial charge in [-0.15, -0.1) is 0 Å². The lowest BCUT2D eigenvalue weighted by molar-refractivity contribution is -0.384. The van der Waals surface area contributed by atoms with Crippen LogP contribution in [0.2, 0.25) is 0 Å². The van der Waals surface area contributed by atoms with Crippen LogP contribution in [0.4, 0.5) is 11.4 Å². The monoisotopic (exact) mass is 413 g/mol. The topological polar surface area (TPSA) is 128 Å². The smallest absolute Gasteiger partial charge is 0.338 e. The maximum absolute atomic E-state index is 12.2. The lowest BCUT2D eigenvalue weighted by Gasteiger charge is -2.28. The number of morpholine rings is 1. The zero-order chi connectivity index (χ0) is 21.5. The summed E-state index contributed by atoms with van der Waals surface area (Å²) in [6, 6.07) is 12.1. The van der Waals surface area contributed by atoms with E-state index in [0.29, 0.717) is 32.0 Å². The van der Waals surface area contributed by atoms with E-state index >= 15 is 0 Å².